The van der Waals surface area contributed by atoms with Gasteiger partial charge < -0.3 is 16.0 Å². The zero-order valence-electron chi connectivity index (χ0n) is 10.3. The van der Waals surface area contributed by atoms with E-state index < -0.39 is 0 Å². The number of hydrogen-bond donors (Lipinski definition) is 3. The van der Waals surface area contributed by atoms with E-state index in [1.54, 1.807) is 19.4 Å². The summed E-state index contributed by atoms with van der Waals surface area (Å²) in [6.07, 6.45) is 4.66. The number of nitrogens with one attached hydrogen (secondary N) is 3. The number of rotatable bonds is 7. The first kappa shape index (κ1) is 13.2. The normalized spacial score (nSPS) is 9.76. The van der Waals surface area contributed by atoms with Gasteiger partial charge in [-0.05, 0) is 6.42 Å². The number of aromatic nitrogens is 2. The minimum absolute atomic E-state index is 0.0529. The average molecular weight is 237 g/mol. The molecule has 0 bridgehead atoms. The molecule has 1 amide bonds. The van der Waals surface area contributed by atoms with Gasteiger partial charge in [-0.25, -0.2) is 4.98 Å². The summed E-state index contributed by atoms with van der Waals surface area (Å²) in [5.74, 6) is 1.42. The van der Waals surface area contributed by atoms with Gasteiger partial charge in [0.25, 0.3) is 0 Å². The molecule has 0 aromatic carbocycles. The molecule has 1 aromatic rings. The molecule has 1 aromatic heterocycles. The molecule has 0 saturated heterocycles. The van der Waals surface area contributed by atoms with E-state index in [4.69, 9.17) is 0 Å². The summed E-state index contributed by atoms with van der Waals surface area (Å²) in [4.78, 5) is 19.6. The van der Waals surface area contributed by atoms with Crippen LogP contribution in [0, 0.1) is 0 Å². The van der Waals surface area contributed by atoms with Crippen LogP contribution in [0.3, 0.4) is 0 Å². The number of carbonyl (C=O) groups excluding carboxylic acids is 1. The Morgan fingerprint density at radius 1 is 1.29 bits per heavy atom. The fourth-order valence-electron chi connectivity index (χ4n) is 1.23. The molecule has 0 aliphatic rings. The fourth-order valence-corrected chi connectivity index (χ4v) is 1.23. The van der Waals surface area contributed by atoms with E-state index in [2.05, 4.69) is 25.9 Å². The molecule has 3 N–H and O–H groups in total. The third kappa shape index (κ3) is 5.14. The van der Waals surface area contributed by atoms with E-state index in [0.29, 0.717) is 24.6 Å². The summed E-state index contributed by atoms with van der Waals surface area (Å²) in [5.41, 5.74) is 0. The van der Waals surface area contributed by atoms with Gasteiger partial charge in [0.05, 0.1) is 12.4 Å². The van der Waals surface area contributed by atoms with Gasteiger partial charge in [0.15, 0.2) is 0 Å². The second-order valence-electron chi connectivity index (χ2n) is 3.57. The molecule has 1 rings (SSSR count). The lowest BCUT2D eigenvalue weighted by atomic mass is 10.3. The molecule has 0 aliphatic carbocycles. The molecule has 0 radical (unpaired) electrons. The molecule has 6 heteroatoms. The lowest BCUT2D eigenvalue weighted by Crippen LogP contribution is -2.26. The van der Waals surface area contributed by atoms with Crippen molar-refractivity contribution in [2.45, 2.75) is 19.8 Å². The lowest BCUT2D eigenvalue weighted by Gasteiger charge is -2.07. The van der Waals surface area contributed by atoms with Gasteiger partial charge in [-0.1, -0.05) is 6.92 Å². The topological polar surface area (TPSA) is 78.9 Å². The number of hydrogen-bond acceptors (Lipinski definition) is 5. The van der Waals surface area contributed by atoms with E-state index in [0.717, 1.165) is 13.0 Å². The zero-order chi connectivity index (χ0) is 12.5. The second-order valence-corrected chi connectivity index (χ2v) is 3.57. The highest BCUT2D eigenvalue weighted by atomic mass is 16.1. The van der Waals surface area contributed by atoms with Crippen molar-refractivity contribution in [2.75, 3.05) is 30.8 Å². The Morgan fingerprint density at radius 2 is 2.06 bits per heavy atom. The molecular formula is C11H19N5O. The number of anilines is 2. The maximum absolute atomic E-state index is 11.3. The summed E-state index contributed by atoms with van der Waals surface area (Å²) >= 11 is 0. The van der Waals surface area contributed by atoms with Crippen LogP contribution in [-0.4, -0.2) is 36.0 Å². The van der Waals surface area contributed by atoms with Crippen molar-refractivity contribution < 1.29 is 4.79 Å². The van der Waals surface area contributed by atoms with E-state index in [1.165, 1.54) is 0 Å². The van der Waals surface area contributed by atoms with Crippen LogP contribution in [0.5, 0.6) is 0 Å². The highest BCUT2D eigenvalue weighted by Gasteiger charge is 2.00. The number of nitrogens with zero attached hydrogens (tertiary/aromatic N) is 2. The van der Waals surface area contributed by atoms with Crippen LogP contribution in [0.2, 0.25) is 0 Å². The average Bonchev–Trinajstić information content (AvgIpc) is 2.36. The van der Waals surface area contributed by atoms with Crippen molar-refractivity contribution in [3.8, 4) is 0 Å². The first-order chi connectivity index (χ1) is 8.26. The monoisotopic (exact) mass is 237 g/mol. The largest absolute Gasteiger partial charge is 0.372 e. The molecule has 6 nitrogen and oxygen atoms in total. The SMILES string of the molecule is CCCNC(=O)CCNc1cncc(NC)n1. The van der Waals surface area contributed by atoms with Gasteiger partial charge in [0.1, 0.15) is 11.6 Å². The van der Waals surface area contributed by atoms with Gasteiger partial charge in [0, 0.05) is 26.6 Å². The maximum atomic E-state index is 11.3. The molecule has 0 atom stereocenters. The third-order valence-corrected chi connectivity index (χ3v) is 2.12. The third-order valence-electron chi connectivity index (χ3n) is 2.12. The molecule has 0 saturated carbocycles. The second kappa shape index (κ2) is 7.43. The first-order valence-corrected chi connectivity index (χ1v) is 5.76. The van der Waals surface area contributed by atoms with Crippen molar-refractivity contribution in [2.24, 2.45) is 0 Å². The van der Waals surface area contributed by atoms with Gasteiger partial charge in [-0.2, -0.15) is 0 Å². The molecule has 94 valence electrons. The standard InChI is InChI=1S/C11H19N5O/c1-3-5-15-11(17)4-6-14-10-8-13-7-9(12-2)16-10/h7-8H,3-6H2,1-2H3,(H,15,17)(H2,12,14,16). The Kier molecular flexibility index (Phi) is 5.77. The van der Waals surface area contributed by atoms with Crippen LogP contribution in [0.25, 0.3) is 0 Å². The van der Waals surface area contributed by atoms with Crippen LogP contribution < -0.4 is 16.0 Å². The van der Waals surface area contributed by atoms with Crippen molar-refractivity contribution in [3.05, 3.63) is 12.4 Å². The highest BCUT2D eigenvalue weighted by molar-refractivity contribution is 5.76. The predicted octanol–water partition coefficient (Wildman–Crippen LogP) is 0.846. The molecule has 0 spiro atoms. The van der Waals surface area contributed by atoms with Crippen LogP contribution in [-0.2, 0) is 4.79 Å². The highest BCUT2D eigenvalue weighted by Crippen LogP contribution is 2.05. The summed E-state index contributed by atoms with van der Waals surface area (Å²) in [6, 6.07) is 0. The molecular weight excluding hydrogens is 218 g/mol. The van der Waals surface area contributed by atoms with E-state index in [9.17, 15) is 4.79 Å². The van der Waals surface area contributed by atoms with Crippen LogP contribution in [0.1, 0.15) is 19.8 Å². The molecule has 1 heterocycles. The minimum atomic E-state index is 0.0529. The Labute approximate surface area is 101 Å². The Morgan fingerprint density at radius 3 is 2.76 bits per heavy atom. The lowest BCUT2D eigenvalue weighted by molar-refractivity contribution is -0.120. The quantitative estimate of drug-likeness (QED) is 0.655. The van der Waals surface area contributed by atoms with E-state index in [-0.39, 0.29) is 5.91 Å². The van der Waals surface area contributed by atoms with Gasteiger partial charge in [0.2, 0.25) is 5.91 Å². The minimum Gasteiger partial charge on any atom is -0.372 e. The van der Waals surface area contributed by atoms with Crippen LogP contribution >= 0.6 is 0 Å². The van der Waals surface area contributed by atoms with Gasteiger partial charge in [-0.3, -0.25) is 9.78 Å². The van der Waals surface area contributed by atoms with Crippen molar-refractivity contribution in [1.82, 2.24) is 15.3 Å². The van der Waals surface area contributed by atoms with Crippen LogP contribution in [0.4, 0.5) is 11.6 Å². The molecule has 0 fully saturated rings. The summed E-state index contributed by atoms with van der Waals surface area (Å²) in [6.45, 7) is 3.31. The molecule has 0 aliphatic heterocycles. The number of amides is 1. The maximum Gasteiger partial charge on any atom is 0.221 e. The fraction of sp³-hybridized carbons (Fsp3) is 0.545. The van der Waals surface area contributed by atoms with E-state index in [1.807, 2.05) is 6.92 Å². The van der Waals surface area contributed by atoms with Crippen molar-refractivity contribution >= 4 is 17.5 Å². The number of carbonyl (C=O) groups is 1. The summed E-state index contributed by atoms with van der Waals surface area (Å²) in [5, 5.41) is 8.77. The molecule has 0 unspecified atom stereocenters. The van der Waals surface area contributed by atoms with Gasteiger partial charge in [-0.15, -0.1) is 0 Å². The Balaban J connectivity index is 2.28. The summed E-state index contributed by atoms with van der Waals surface area (Å²) in [7, 11) is 1.78. The first-order valence-electron chi connectivity index (χ1n) is 5.76. The predicted molar refractivity (Wildman–Crippen MR) is 68.0 cm³/mol. The molecule has 17 heavy (non-hydrogen) atoms. The summed E-state index contributed by atoms with van der Waals surface area (Å²) < 4.78 is 0. The van der Waals surface area contributed by atoms with Crippen LogP contribution in [0.15, 0.2) is 12.4 Å². The van der Waals surface area contributed by atoms with Crippen molar-refractivity contribution in [1.29, 1.82) is 0 Å². The van der Waals surface area contributed by atoms with Crippen molar-refractivity contribution in [3.63, 3.8) is 0 Å². The van der Waals surface area contributed by atoms with E-state index >= 15 is 0 Å². The van der Waals surface area contributed by atoms with Gasteiger partial charge >= 0.3 is 0 Å². The Bertz CT molecular complexity index is 355. The zero-order valence-corrected chi connectivity index (χ0v) is 10.3. The smallest absolute Gasteiger partial charge is 0.221 e. The Hall–Kier alpha value is -1.85.